The van der Waals surface area contributed by atoms with E-state index in [4.69, 9.17) is 16.1 Å². The van der Waals surface area contributed by atoms with E-state index in [2.05, 4.69) is 22.1 Å². The summed E-state index contributed by atoms with van der Waals surface area (Å²) >= 11 is 5.89. The van der Waals surface area contributed by atoms with Gasteiger partial charge in [0.2, 0.25) is 11.7 Å². The maximum atomic E-state index is 10.1. The molecule has 1 aromatic carbocycles. The third kappa shape index (κ3) is 4.56. The minimum Gasteiger partial charge on any atom is -0.393 e. The number of aromatic nitrogens is 2. The van der Waals surface area contributed by atoms with Crippen LogP contribution in [-0.4, -0.2) is 46.4 Å². The summed E-state index contributed by atoms with van der Waals surface area (Å²) in [6.45, 7) is 1.75. The standard InChI is InChI=1S/C18H24ClN3O2/c1-22(12-14-4-2-3-5-16(14)23)11-10-17-20-18(21-24-17)13-6-8-15(19)9-7-13/h6-9,14,16,23H,2-5,10-12H2,1H3. The van der Waals surface area contributed by atoms with Gasteiger partial charge in [-0.05, 0) is 50.1 Å². The van der Waals surface area contributed by atoms with Crippen molar-refractivity contribution >= 4 is 11.6 Å². The Morgan fingerprint density at radius 2 is 2.00 bits per heavy atom. The van der Waals surface area contributed by atoms with Crippen molar-refractivity contribution in [3.8, 4) is 11.4 Å². The van der Waals surface area contributed by atoms with Crippen LogP contribution >= 0.6 is 11.6 Å². The summed E-state index contributed by atoms with van der Waals surface area (Å²) in [5, 5.41) is 14.8. The fourth-order valence-electron chi connectivity index (χ4n) is 3.25. The Bertz CT molecular complexity index is 644. The number of aliphatic hydroxyl groups is 1. The molecular formula is C18H24ClN3O2. The third-order valence-corrected chi connectivity index (χ3v) is 4.95. The van der Waals surface area contributed by atoms with Gasteiger partial charge >= 0.3 is 0 Å². The van der Waals surface area contributed by atoms with Crippen molar-refractivity contribution in [2.45, 2.75) is 38.2 Å². The van der Waals surface area contributed by atoms with E-state index in [0.29, 0.717) is 29.1 Å². The highest BCUT2D eigenvalue weighted by Crippen LogP contribution is 2.25. The summed E-state index contributed by atoms with van der Waals surface area (Å²) in [6, 6.07) is 7.40. The molecule has 0 spiro atoms. The first-order chi connectivity index (χ1) is 11.6. The molecule has 0 bridgehead atoms. The molecule has 2 atom stereocenters. The van der Waals surface area contributed by atoms with Gasteiger partial charge in [0.25, 0.3) is 0 Å². The average Bonchev–Trinajstić information content (AvgIpc) is 3.05. The molecule has 1 heterocycles. The van der Waals surface area contributed by atoms with Gasteiger partial charge in [-0.15, -0.1) is 0 Å². The number of hydrogen-bond acceptors (Lipinski definition) is 5. The van der Waals surface area contributed by atoms with Crippen molar-refractivity contribution in [2.75, 3.05) is 20.1 Å². The van der Waals surface area contributed by atoms with Gasteiger partial charge in [0.15, 0.2) is 0 Å². The summed E-state index contributed by atoms with van der Waals surface area (Å²) in [5.41, 5.74) is 0.896. The molecule has 0 radical (unpaired) electrons. The summed E-state index contributed by atoms with van der Waals surface area (Å²) in [4.78, 5) is 6.69. The summed E-state index contributed by atoms with van der Waals surface area (Å²) in [5.74, 6) is 1.61. The molecule has 1 aromatic heterocycles. The van der Waals surface area contributed by atoms with Crippen molar-refractivity contribution in [2.24, 2.45) is 5.92 Å². The molecule has 6 heteroatoms. The Morgan fingerprint density at radius 3 is 2.75 bits per heavy atom. The minimum atomic E-state index is -0.152. The van der Waals surface area contributed by atoms with Crippen LogP contribution in [0, 0.1) is 5.92 Å². The number of rotatable bonds is 6. The van der Waals surface area contributed by atoms with E-state index in [1.165, 1.54) is 6.42 Å². The molecule has 0 aliphatic heterocycles. The summed E-state index contributed by atoms with van der Waals surface area (Å²) in [7, 11) is 2.08. The molecule has 2 aromatic rings. The lowest BCUT2D eigenvalue weighted by Crippen LogP contribution is -2.35. The van der Waals surface area contributed by atoms with Crippen LogP contribution in [0.25, 0.3) is 11.4 Å². The van der Waals surface area contributed by atoms with Crippen LogP contribution < -0.4 is 0 Å². The number of benzene rings is 1. The van der Waals surface area contributed by atoms with Gasteiger partial charge in [-0.25, -0.2) is 0 Å². The predicted octanol–water partition coefficient (Wildman–Crippen LogP) is 3.42. The predicted molar refractivity (Wildman–Crippen MR) is 93.9 cm³/mol. The molecule has 0 saturated heterocycles. The van der Waals surface area contributed by atoms with Crippen LogP contribution in [0.2, 0.25) is 5.02 Å². The van der Waals surface area contributed by atoms with Gasteiger partial charge in [0.05, 0.1) is 6.10 Å². The third-order valence-electron chi connectivity index (χ3n) is 4.69. The van der Waals surface area contributed by atoms with Crippen molar-refractivity contribution in [1.29, 1.82) is 0 Å². The lowest BCUT2D eigenvalue weighted by Gasteiger charge is -2.31. The maximum Gasteiger partial charge on any atom is 0.228 e. The minimum absolute atomic E-state index is 0.152. The molecule has 130 valence electrons. The van der Waals surface area contributed by atoms with E-state index in [9.17, 15) is 5.11 Å². The number of aliphatic hydroxyl groups excluding tert-OH is 1. The Kier molecular flexibility index (Phi) is 5.87. The van der Waals surface area contributed by atoms with Crippen LogP contribution in [0.5, 0.6) is 0 Å². The maximum absolute atomic E-state index is 10.1. The quantitative estimate of drug-likeness (QED) is 0.865. The number of hydrogen-bond donors (Lipinski definition) is 1. The van der Waals surface area contributed by atoms with E-state index in [1.54, 1.807) is 0 Å². The highest BCUT2D eigenvalue weighted by molar-refractivity contribution is 6.30. The molecule has 1 aliphatic rings. The monoisotopic (exact) mass is 349 g/mol. The number of likely N-dealkylation sites (N-methyl/N-ethyl adjacent to an activating group) is 1. The van der Waals surface area contributed by atoms with Crippen LogP contribution in [0.4, 0.5) is 0 Å². The zero-order valence-electron chi connectivity index (χ0n) is 14.0. The molecule has 3 rings (SSSR count). The van der Waals surface area contributed by atoms with Gasteiger partial charge in [-0.2, -0.15) is 4.98 Å². The van der Waals surface area contributed by atoms with Gasteiger partial charge in [-0.3, -0.25) is 0 Å². The van der Waals surface area contributed by atoms with Crippen molar-refractivity contribution in [3.63, 3.8) is 0 Å². The second-order valence-corrected chi connectivity index (χ2v) is 7.08. The zero-order chi connectivity index (χ0) is 16.9. The van der Waals surface area contributed by atoms with E-state index in [-0.39, 0.29) is 6.10 Å². The second kappa shape index (κ2) is 8.10. The normalized spacial score (nSPS) is 21.3. The lowest BCUT2D eigenvalue weighted by molar-refractivity contribution is 0.0513. The fraction of sp³-hybridized carbons (Fsp3) is 0.556. The summed E-state index contributed by atoms with van der Waals surface area (Å²) < 4.78 is 5.34. The molecule has 1 aliphatic carbocycles. The second-order valence-electron chi connectivity index (χ2n) is 6.64. The van der Waals surface area contributed by atoms with Gasteiger partial charge < -0.3 is 14.5 Å². The smallest absolute Gasteiger partial charge is 0.228 e. The van der Waals surface area contributed by atoms with E-state index in [1.807, 2.05) is 24.3 Å². The van der Waals surface area contributed by atoms with Crippen LogP contribution in [0.15, 0.2) is 28.8 Å². The van der Waals surface area contributed by atoms with E-state index in [0.717, 1.165) is 37.9 Å². The average molecular weight is 350 g/mol. The molecule has 1 N–H and O–H groups in total. The van der Waals surface area contributed by atoms with Crippen LogP contribution in [0.3, 0.4) is 0 Å². The van der Waals surface area contributed by atoms with Gasteiger partial charge in [0, 0.05) is 30.1 Å². The van der Waals surface area contributed by atoms with Crippen LogP contribution in [0.1, 0.15) is 31.6 Å². The molecule has 24 heavy (non-hydrogen) atoms. The van der Waals surface area contributed by atoms with Gasteiger partial charge in [0.1, 0.15) is 0 Å². The van der Waals surface area contributed by atoms with Crippen molar-refractivity contribution in [3.05, 3.63) is 35.2 Å². The van der Waals surface area contributed by atoms with E-state index >= 15 is 0 Å². The zero-order valence-corrected chi connectivity index (χ0v) is 14.7. The number of halogens is 1. The van der Waals surface area contributed by atoms with Crippen LogP contribution in [-0.2, 0) is 6.42 Å². The largest absolute Gasteiger partial charge is 0.393 e. The Hall–Kier alpha value is -1.43. The SMILES string of the molecule is CN(CCc1nc(-c2ccc(Cl)cc2)no1)CC1CCCCC1O. The van der Waals surface area contributed by atoms with Crippen molar-refractivity contribution in [1.82, 2.24) is 15.0 Å². The Balaban J connectivity index is 1.50. The molecule has 0 amide bonds. The topological polar surface area (TPSA) is 62.4 Å². The van der Waals surface area contributed by atoms with Crippen molar-refractivity contribution < 1.29 is 9.63 Å². The molecular weight excluding hydrogens is 326 g/mol. The molecule has 5 nitrogen and oxygen atoms in total. The summed E-state index contributed by atoms with van der Waals surface area (Å²) in [6.07, 6.45) is 4.99. The first kappa shape index (κ1) is 17.4. The highest BCUT2D eigenvalue weighted by Gasteiger charge is 2.24. The lowest BCUT2D eigenvalue weighted by atomic mass is 9.86. The Morgan fingerprint density at radius 1 is 1.25 bits per heavy atom. The molecule has 1 fully saturated rings. The fourth-order valence-corrected chi connectivity index (χ4v) is 3.38. The Labute approximate surface area is 147 Å². The highest BCUT2D eigenvalue weighted by atomic mass is 35.5. The first-order valence-corrected chi connectivity index (χ1v) is 8.95. The van der Waals surface area contributed by atoms with E-state index < -0.39 is 0 Å². The number of nitrogens with zero attached hydrogens (tertiary/aromatic N) is 3. The van der Waals surface area contributed by atoms with Gasteiger partial charge in [-0.1, -0.05) is 29.6 Å². The molecule has 2 unspecified atom stereocenters. The molecule has 1 saturated carbocycles. The first-order valence-electron chi connectivity index (χ1n) is 8.57.